The van der Waals surface area contributed by atoms with Crippen LogP contribution < -0.4 is 0 Å². The molecule has 1 N–H and O–H groups in total. The molecule has 222 valence electrons. The van der Waals surface area contributed by atoms with E-state index in [1.165, 1.54) is 27.9 Å². The van der Waals surface area contributed by atoms with Crippen LogP contribution in [0, 0.1) is 28.0 Å². The summed E-state index contributed by atoms with van der Waals surface area (Å²) in [7, 11) is 0. The topological polar surface area (TPSA) is 71.7 Å². The highest BCUT2D eigenvalue weighted by Crippen LogP contribution is 2.35. The van der Waals surface area contributed by atoms with E-state index in [1.807, 2.05) is 0 Å². The van der Waals surface area contributed by atoms with Crippen LogP contribution >= 0.6 is 12.2 Å². The summed E-state index contributed by atoms with van der Waals surface area (Å²) in [6, 6.07) is 7.44. The molecule has 3 aromatic heterocycles. The number of piperidine rings is 1. The van der Waals surface area contributed by atoms with Crippen LogP contribution in [0.3, 0.4) is 0 Å². The Morgan fingerprint density at radius 1 is 0.977 bits per heavy atom. The Balaban J connectivity index is 1.30. The Bertz CT molecular complexity index is 1920. The monoisotopic (exact) mass is 620 g/mol. The van der Waals surface area contributed by atoms with E-state index in [2.05, 4.69) is 15.1 Å². The zero-order valence-corrected chi connectivity index (χ0v) is 22.6. The van der Waals surface area contributed by atoms with E-state index in [9.17, 15) is 35.5 Å². The maximum Gasteiger partial charge on any atom is 0.419 e. The van der Waals surface area contributed by atoms with Crippen molar-refractivity contribution >= 4 is 29.2 Å². The maximum absolute atomic E-state index is 14.7. The molecule has 2 aromatic carbocycles. The number of aromatic amines is 1. The molecule has 43 heavy (non-hydrogen) atoms. The normalized spacial score (nSPS) is 14.5. The SMILES string of the molecule is O=C(c1cc(-c2cccnc2)n(-c2ccc(F)c(C(F)(F)F)c2)n1)N1CCC(n2c(=S)[nH]c3cc(F)c(F)c(F)c32)CC1. The van der Waals surface area contributed by atoms with Gasteiger partial charge in [-0.15, -0.1) is 0 Å². The fourth-order valence-electron chi connectivity index (χ4n) is 5.30. The Morgan fingerprint density at radius 2 is 1.72 bits per heavy atom. The highest BCUT2D eigenvalue weighted by Gasteiger charge is 2.35. The van der Waals surface area contributed by atoms with Crippen molar-refractivity contribution in [2.24, 2.45) is 0 Å². The number of aromatic nitrogens is 5. The van der Waals surface area contributed by atoms with Crippen molar-refractivity contribution in [3.8, 4) is 16.9 Å². The van der Waals surface area contributed by atoms with Crippen molar-refractivity contribution in [3.63, 3.8) is 0 Å². The van der Waals surface area contributed by atoms with Gasteiger partial charge in [0.25, 0.3) is 5.91 Å². The number of hydrogen-bond donors (Lipinski definition) is 1. The molecule has 0 bridgehead atoms. The zero-order valence-electron chi connectivity index (χ0n) is 21.8. The first kappa shape index (κ1) is 28.6. The third-order valence-electron chi connectivity index (χ3n) is 7.34. The highest BCUT2D eigenvalue weighted by atomic mass is 32.1. The molecule has 0 radical (unpaired) electrons. The lowest BCUT2D eigenvalue weighted by molar-refractivity contribution is -0.140. The number of benzene rings is 2. The van der Waals surface area contributed by atoms with Crippen molar-refractivity contribution in [3.05, 3.63) is 94.2 Å². The number of hydrogen-bond acceptors (Lipinski definition) is 4. The average molecular weight is 621 g/mol. The van der Waals surface area contributed by atoms with Crippen molar-refractivity contribution in [2.75, 3.05) is 13.1 Å². The van der Waals surface area contributed by atoms with Gasteiger partial charge in [-0.05, 0) is 61.5 Å². The molecule has 15 heteroatoms. The second kappa shape index (κ2) is 10.6. The van der Waals surface area contributed by atoms with Gasteiger partial charge in [0, 0.05) is 43.2 Å². The number of fused-ring (bicyclic) bond motifs is 1. The number of rotatable bonds is 4. The van der Waals surface area contributed by atoms with Gasteiger partial charge in [-0.3, -0.25) is 9.78 Å². The number of alkyl halides is 3. The predicted molar refractivity (Wildman–Crippen MR) is 143 cm³/mol. The minimum absolute atomic E-state index is 0.00264. The number of halogens is 7. The molecule has 4 heterocycles. The summed E-state index contributed by atoms with van der Waals surface area (Å²) >= 11 is 5.29. The van der Waals surface area contributed by atoms with Crippen molar-refractivity contribution in [2.45, 2.75) is 25.1 Å². The minimum atomic E-state index is -4.96. The smallest absolute Gasteiger partial charge is 0.337 e. The maximum atomic E-state index is 14.7. The first-order chi connectivity index (χ1) is 20.4. The van der Waals surface area contributed by atoms with Crippen LogP contribution in [0.25, 0.3) is 28.0 Å². The van der Waals surface area contributed by atoms with Crippen LogP contribution in [0.15, 0.2) is 54.9 Å². The minimum Gasteiger partial charge on any atom is -0.337 e. The van der Waals surface area contributed by atoms with Gasteiger partial charge in [0.1, 0.15) is 11.3 Å². The zero-order chi connectivity index (χ0) is 30.6. The number of likely N-dealkylation sites (tertiary alicyclic amines) is 1. The number of carbonyl (C=O) groups excluding carboxylic acids is 1. The molecule has 1 aliphatic rings. The van der Waals surface area contributed by atoms with Crippen LogP contribution in [0.4, 0.5) is 30.7 Å². The second-order valence-electron chi connectivity index (χ2n) is 9.94. The van der Waals surface area contributed by atoms with E-state index in [0.717, 1.165) is 16.8 Å². The number of imidazole rings is 1. The molecule has 5 aromatic rings. The van der Waals surface area contributed by atoms with Gasteiger partial charge in [-0.1, -0.05) is 0 Å². The third-order valence-corrected chi connectivity index (χ3v) is 7.64. The van der Waals surface area contributed by atoms with E-state index >= 15 is 0 Å². The molecular formula is C28H19F7N6OS. The third kappa shape index (κ3) is 5.07. The number of nitrogens with one attached hydrogen (secondary N) is 1. The standard InChI is InChI=1S/C28H19F7N6OS/c29-18-4-3-16(10-17(18)28(33,34)35)41-22(14-2-1-7-36-13-14)12-21(38-41)26(42)39-8-5-15(6-9-39)40-25-20(37-27(40)43)11-19(30)23(31)24(25)32/h1-4,7,10-13,15H,5-6,8-9H2,(H,37,43). The molecule has 0 unspecified atom stereocenters. The van der Waals surface area contributed by atoms with Gasteiger partial charge in [-0.2, -0.15) is 18.3 Å². The first-order valence-corrected chi connectivity index (χ1v) is 13.3. The van der Waals surface area contributed by atoms with E-state index < -0.39 is 47.0 Å². The fraction of sp³-hybridized carbons (Fsp3) is 0.214. The summed E-state index contributed by atoms with van der Waals surface area (Å²) in [6.07, 6.45) is -1.44. The van der Waals surface area contributed by atoms with Gasteiger partial charge in [0.2, 0.25) is 0 Å². The number of carbonyl (C=O) groups is 1. The molecule has 0 saturated carbocycles. The number of nitrogens with zero attached hydrogens (tertiary/aromatic N) is 5. The summed E-state index contributed by atoms with van der Waals surface area (Å²) in [5.74, 6) is -6.32. The van der Waals surface area contributed by atoms with Gasteiger partial charge in [-0.25, -0.2) is 22.2 Å². The molecule has 1 aliphatic heterocycles. The summed E-state index contributed by atoms with van der Waals surface area (Å²) in [5, 5.41) is 4.29. The average Bonchev–Trinajstić information content (AvgIpc) is 3.57. The summed E-state index contributed by atoms with van der Waals surface area (Å²) < 4.78 is 99.3. The molecule has 1 saturated heterocycles. The fourth-order valence-corrected chi connectivity index (χ4v) is 5.65. The second-order valence-corrected chi connectivity index (χ2v) is 10.3. The number of pyridine rings is 1. The molecule has 0 atom stereocenters. The predicted octanol–water partition coefficient (Wildman–Crippen LogP) is 7.00. The lowest BCUT2D eigenvalue weighted by Crippen LogP contribution is -2.39. The molecule has 7 nitrogen and oxygen atoms in total. The lowest BCUT2D eigenvalue weighted by Gasteiger charge is -2.32. The van der Waals surface area contributed by atoms with Crippen molar-refractivity contribution in [1.29, 1.82) is 0 Å². The molecule has 0 spiro atoms. The Kier molecular flexibility index (Phi) is 7.07. The van der Waals surface area contributed by atoms with Gasteiger partial charge < -0.3 is 14.5 Å². The molecule has 0 aliphatic carbocycles. The molecule has 6 rings (SSSR count). The first-order valence-electron chi connectivity index (χ1n) is 12.9. The van der Waals surface area contributed by atoms with Crippen LogP contribution in [-0.2, 0) is 6.18 Å². The van der Waals surface area contributed by atoms with Crippen LogP contribution in [-0.4, -0.2) is 48.2 Å². The van der Waals surface area contributed by atoms with Gasteiger partial charge in [0.05, 0.1) is 22.5 Å². The van der Waals surface area contributed by atoms with Gasteiger partial charge >= 0.3 is 6.18 Å². The van der Waals surface area contributed by atoms with Crippen molar-refractivity contribution in [1.82, 2.24) is 29.2 Å². The number of H-pyrrole nitrogens is 1. The largest absolute Gasteiger partial charge is 0.419 e. The van der Waals surface area contributed by atoms with E-state index in [1.54, 1.807) is 12.1 Å². The molecule has 1 fully saturated rings. The van der Waals surface area contributed by atoms with Crippen LogP contribution in [0.1, 0.15) is 34.9 Å². The molecule has 1 amide bonds. The lowest BCUT2D eigenvalue weighted by atomic mass is 10.0. The van der Waals surface area contributed by atoms with E-state index in [0.29, 0.717) is 17.7 Å². The highest BCUT2D eigenvalue weighted by molar-refractivity contribution is 7.71. The quantitative estimate of drug-likeness (QED) is 0.134. The van der Waals surface area contributed by atoms with E-state index in [4.69, 9.17) is 12.2 Å². The van der Waals surface area contributed by atoms with Crippen molar-refractivity contribution < 1.29 is 35.5 Å². The van der Waals surface area contributed by atoms with E-state index in [-0.39, 0.29) is 58.8 Å². The Hall–Kier alpha value is -4.53. The summed E-state index contributed by atoms with van der Waals surface area (Å²) in [4.78, 5) is 21.7. The molecular weight excluding hydrogens is 601 g/mol. The Morgan fingerprint density at radius 3 is 2.40 bits per heavy atom. The summed E-state index contributed by atoms with van der Waals surface area (Å²) in [6.45, 7) is 0.320. The van der Waals surface area contributed by atoms with Gasteiger partial charge in [0.15, 0.2) is 27.9 Å². The summed E-state index contributed by atoms with van der Waals surface area (Å²) in [5.41, 5.74) is -1.19. The number of amides is 1. The van der Waals surface area contributed by atoms with Crippen LogP contribution in [0.5, 0.6) is 0 Å². The Labute approximate surface area is 243 Å². The van der Waals surface area contributed by atoms with Crippen LogP contribution in [0.2, 0.25) is 0 Å².